The van der Waals surface area contributed by atoms with Crippen molar-refractivity contribution >= 4 is 11.4 Å². The zero-order chi connectivity index (χ0) is 11.5. The summed E-state index contributed by atoms with van der Waals surface area (Å²) in [6.07, 6.45) is 2.33. The van der Waals surface area contributed by atoms with Gasteiger partial charge in [0.1, 0.15) is 5.82 Å². The SMILES string of the molecule is COC1CCCN(c2cccc(F)c2N)C1. The third-order valence-electron chi connectivity index (χ3n) is 3.08. The Labute approximate surface area is 95.0 Å². The number of anilines is 2. The van der Waals surface area contributed by atoms with Crippen molar-refractivity contribution in [3.63, 3.8) is 0 Å². The number of para-hydroxylation sites is 1. The molecule has 1 aliphatic heterocycles. The van der Waals surface area contributed by atoms with Gasteiger partial charge in [0.05, 0.1) is 17.5 Å². The van der Waals surface area contributed by atoms with Crippen LogP contribution in [-0.4, -0.2) is 26.3 Å². The molecule has 16 heavy (non-hydrogen) atoms. The maximum atomic E-state index is 13.3. The van der Waals surface area contributed by atoms with E-state index in [1.807, 2.05) is 6.07 Å². The monoisotopic (exact) mass is 224 g/mol. The number of ether oxygens (including phenoxy) is 1. The molecular formula is C12H17FN2O. The fraction of sp³-hybridized carbons (Fsp3) is 0.500. The number of nitrogens with two attached hydrogens (primary N) is 1. The van der Waals surface area contributed by atoms with Gasteiger partial charge in [-0.2, -0.15) is 0 Å². The third kappa shape index (κ3) is 2.11. The van der Waals surface area contributed by atoms with Gasteiger partial charge in [-0.3, -0.25) is 0 Å². The van der Waals surface area contributed by atoms with Crippen molar-refractivity contribution in [2.45, 2.75) is 18.9 Å². The van der Waals surface area contributed by atoms with Crippen LogP contribution in [0.15, 0.2) is 18.2 Å². The molecule has 1 atom stereocenters. The van der Waals surface area contributed by atoms with E-state index in [1.54, 1.807) is 13.2 Å². The average Bonchev–Trinajstić information content (AvgIpc) is 2.33. The lowest BCUT2D eigenvalue weighted by atomic mass is 10.1. The summed E-state index contributed by atoms with van der Waals surface area (Å²) in [6, 6.07) is 4.93. The molecule has 4 heteroatoms. The number of hydrogen-bond donors (Lipinski definition) is 1. The number of benzene rings is 1. The number of halogens is 1. The number of rotatable bonds is 2. The summed E-state index contributed by atoms with van der Waals surface area (Å²) in [4.78, 5) is 2.09. The average molecular weight is 224 g/mol. The lowest BCUT2D eigenvalue weighted by Gasteiger charge is -2.34. The molecule has 1 fully saturated rings. The van der Waals surface area contributed by atoms with E-state index in [0.717, 1.165) is 31.6 Å². The van der Waals surface area contributed by atoms with Crippen LogP contribution >= 0.6 is 0 Å². The maximum absolute atomic E-state index is 13.3. The topological polar surface area (TPSA) is 38.5 Å². The van der Waals surface area contributed by atoms with Gasteiger partial charge in [-0.15, -0.1) is 0 Å². The lowest BCUT2D eigenvalue weighted by molar-refractivity contribution is 0.0893. The second kappa shape index (κ2) is 4.70. The van der Waals surface area contributed by atoms with Crippen LogP contribution in [0.4, 0.5) is 15.8 Å². The minimum Gasteiger partial charge on any atom is -0.395 e. The summed E-state index contributed by atoms with van der Waals surface area (Å²) >= 11 is 0. The van der Waals surface area contributed by atoms with Crippen molar-refractivity contribution in [2.75, 3.05) is 30.8 Å². The van der Waals surface area contributed by atoms with E-state index in [4.69, 9.17) is 10.5 Å². The molecule has 0 aromatic heterocycles. The van der Waals surface area contributed by atoms with E-state index in [-0.39, 0.29) is 17.6 Å². The highest BCUT2D eigenvalue weighted by atomic mass is 19.1. The highest BCUT2D eigenvalue weighted by Gasteiger charge is 2.21. The Bertz CT molecular complexity index is 370. The zero-order valence-electron chi connectivity index (χ0n) is 9.45. The van der Waals surface area contributed by atoms with Crippen LogP contribution < -0.4 is 10.6 Å². The fourth-order valence-electron chi connectivity index (χ4n) is 2.15. The Hall–Kier alpha value is -1.29. The van der Waals surface area contributed by atoms with Crippen LogP contribution in [-0.2, 0) is 4.74 Å². The second-order valence-electron chi connectivity index (χ2n) is 4.12. The molecule has 1 aliphatic rings. The summed E-state index contributed by atoms with van der Waals surface area (Å²) in [5.74, 6) is -0.350. The van der Waals surface area contributed by atoms with E-state index in [2.05, 4.69) is 4.90 Å². The van der Waals surface area contributed by atoms with Gasteiger partial charge >= 0.3 is 0 Å². The van der Waals surface area contributed by atoms with Crippen molar-refractivity contribution in [3.8, 4) is 0 Å². The first-order valence-corrected chi connectivity index (χ1v) is 5.54. The quantitative estimate of drug-likeness (QED) is 0.781. The van der Waals surface area contributed by atoms with Crippen LogP contribution in [0.2, 0.25) is 0 Å². The summed E-state index contributed by atoms with van der Waals surface area (Å²) in [5, 5.41) is 0. The van der Waals surface area contributed by atoms with Crippen LogP contribution in [0, 0.1) is 5.82 Å². The number of hydrogen-bond acceptors (Lipinski definition) is 3. The van der Waals surface area contributed by atoms with Crippen molar-refractivity contribution in [1.82, 2.24) is 0 Å². The van der Waals surface area contributed by atoms with Gasteiger partial charge in [0.15, 0.2) is 0 Å². The highest BCUT2D eigenvalue weighted by molar-refractivity contribution is 5.68. The van der Waals surface area contributed by atoms with Crippen LogP contribution in [0.25, 0.3) is 0 Å². The molecule has 1 unspecified atom stereocenters. The van der Waals surface area contributed by atoms with Crippen LogP contribution in [0.3, 0.4) is 0 Å². The van der Waals surface area contributed by atoms with E-state index >= 15 is 0 Å². The predicted octanol–water partition coefficient (Wildman–Crippen LogP) is 2.02. The largest absolute Gasteiger partial charge is 0.395 e. The number of nitrogen functional groups attached to an aromatic ring is 1. The van der Waals surface area contributed by atoms with Crippen molar-refractivity contribution in [3.05, 3.63) is 24.0 Å². The summed E-state index contributed by atoms with van der Waals surface area (Å²) < 4.78 is 18.7. The molecule has 0 radical (unpaired) electrons. The fourth-order valence-corrected chi connectivity index (χ4v) is 2.15. The molecule has 2 rings (SSSR count). The highest BCUT2D eigenvalue weighted by Crippen LogP contribution is 2.28. The second-order valence-corrected chi connectivity index (χ2v) is 4.12. The van der Waals surface area contributed by atoms with Crippen molar-refractivity contribution in [1.29, 1.82) is 0 Å². The molecular weight excluding hydrogens is 207 g/mol. The standard InChI is InChI=1S/C12H17FN2O/c1-16-9-4-3-7-15(8-9)11-6-2-5-10(13)12(11)14/h2,5-6,9H,3-4,7-8,14H2,1H3. The molecule has 0 spiro atoms. The zero-order valence-corrected chi connectivity index (χ0v) is 9.45. The molecule has 0 amide bonds. The van der Waals surface area contributed by atoms with Crippen LogP contribution in [0.5, 0.6) is 0 Å². The van der Waals surface area contributed by atoms with Gasteiger partial charge in [0.2, 0.25) is 0 Å². The smallest absolute Gasteiger partial charge is 0.148 e. The molecule has 1 heterocycles. The molecule has 1 aromatic rings. The first-order valence-electron chi connectivity index (χ1n) is 5.54. The third-order valence-corrected chi connectivity index (χ3v) is 3.08. The van der Waals surface area contributed by atoms with E-state index < -0.39 is 0 Å². The predicted molar refractivity (Wildman–Crippen MR) is 63.1 cm³/mol. The van der Waals surface area contributed by atoms with Gasteiger partial charge in [0.25, 0.3) is 0 Å². The summed E-state index contributed by atoms with van der Waals surface area (Å²) in [7, 11) is 1.71. The van der Waals surface area contributed by atoms with Gasteiger partial charge in [-0.1, -0.05) is 6.07 Å². The molecule has 1 aromatic carbocycles. The van der Waals surface area contributed by atoms with Gasteiger partial charge in [0, 0.05) is 20.2 Å². The van der Waals surface area contributed by atoms with Gasteiger partial charge < -0.3 is 15.4 Å². The summed E-state index contributed by atoms with van der Waals surface area (Å²) in [5.41, 5.74) is 6.76. The molecule has 88 valence electrons. The van der Waals surface area contributed by atoms with Crippen LogP contribution in [0.1, 0.15) is 12.8 Å². The Morgan fingerprint density at radius 1 is 1.50 bits per heavy atom. The van der Waals surface area contributed by atoms with Gasteiger partial charge in [-0.25, -0.2) is 4.39 Å². The molecule has 0 saturated carbocycles. The minimum absolute atomic E-state index is 0.219. The molecule has 0 bridgehead atoms. The van der Waals surface area contributed by atoms with Crippen molar-refractivity contribution in [2.24, 2.45) is 0 Å². The molecule has 1 saturated heterocycles. The lowest BCUT2D eigenvalue weighted by Crippen LogP contribution is -2.39. The first kappa shape index (κ1) is 11.2. The van der Waals surface area contributed by atoms with Crippen molar-refractivity contribution < 1.29 is 9.13 Å². The minimum atomic E-state index is -0.350. The number of piperidine rings is 1. The van der Waals surface area contributed by atoms with E-state index in [9.17, 15) is 4.39 Å². The molecule has 3 nitrogen and oxygen atoms in total. The summed E-state index contributed by atoms with van der Waals surface area (Å²) in [6.45, 7) is 1.69. The van der Waals surface area contributed by atoms with E-state index in [1.165, 1.54) is 6.07 Å². The van der Waals surface area contributed by atoms with E-state index in [0.29, 0.717) is 0 Å². The molecule has 2 N–H and O–H groups in total. The van der Waals surface area contributed by atoms with Gasteiger partial charge in [-0.05, 0) is 25.0 Å². The Kier molecular flexibility index (Phi) is 3.29. The Morgan fingerprint density at radius 2 is 2.31 bits per heavy atom. The first-order chi connectivity index (χ1) is 7.72. The number of methoxy groups -OCH3 is 1. The molecule has 0 aliphatic carbocycles. The normalized spacial score (nSPS) is 21.1. The Morgan fingerprint density at radius 3 is 3.06 bits per heavy atom. The maximum Gasteiger partial charge on any atom is 0.148 e. The number of nitrogens with zero attached hydrogens (tertiary/aromatic N) is 1. The Balaban J connectivity index is 2.20.